The minimum absolute atomic E-state index is 0.159. The Morgan fingerprint density at radius 2 is 1.36 bits per heavy atom. The molecule has 5 heteroatoms. The van der Waals surface area contributed by atoms with Crippen molar-refractivity contribution in [2.75, 3.05) is 6.54 Å². The number of imide groups is 1. The number of ketones is 2. The molecule has 0 saturated carbocycles. The maximum Gasteiger partial charge on any atom is 0.261 e. The van der Waals surface area contributed by atoms with Crippen LogP contribution in [0.1, 0.15) is 50.3 Å². The first-order chi connectivity index (χ1) is 12.1. The second-order valence-corrected chi connectivity index (χ2v) is 5.92. The van der Waals surface area contributed by atoms with Crippen molar-refractivity contribution in [3.8, 4) is 0 Å². The quantitative estimate of drug-likeness (QED) is 0.443. The van der Waals surface area contributed by atoms with Crippen LogP contribution in [0.25, 0.3) is 0 Å². The number of carbonyl (C=O) groups is 4. The average Bonchev–Trinajstić information content (AvgIpc) is 2.87. The molecular weight excluding hydrogens is 318 g/mol. The number of Topliss-reactive ketones (excluding diaryl/α,β-unsaturated/α-hetero) is 2. The molecule has 0 fully saturated rings. The molecule has 126 valence electrons. The van der Waals surface area contributed by atoms with Crippen molar-refractivity contribution < 1.29 is 19.2 Å². The van der Waals surface area contributed by atoms with E-state index in [1.54, 1.807) is 54.6 Å². The molecule has 25 heavy (non-hydrogen) atoms. The van der Waals surface area contributed by atoms with Crippen LogP contribution in [0.4, 0.5) is 0 Å². The van der Waals surface area contributed by atoms with Gasteiger partial charge in [-0.1, -0.05) is 42.5 Å². The minimum Gasteiger partial charge on any atom is -0.299 e. The topological polar surface area (TPSA) is 71.5 Å². The van der Waals surface area contributed by atoms with E-state index in [4.69, 9.17) is 0 Å². The Labute approximate surface area is 145 Å². The molecule has 0 aromatic heterocycles. The van der Waals surface area contributed by atoms with Gasteiger partial charge in [-0.05, 0) is 18.6 Å². The number of rotatable bonds is 7. The normalized spacial score (nSPS) is 13.0. The number of hydrogen-bond donors (Lipinski definition) is 0. The molecule has 2 aromatic carbocycles. The number of carbonyl (C=O) groups excluding carboxylic acids is 4. The van der Waals surface area contributed by atoms with Crippen LogP contribution in [0.2, 0.25) is 0 Å². The first kappa shape index (κ1) is 16.8. The molecule has 2 amide bonds. The maximum atomic E-state index is 12.2. The highest BCUT2D eigenvalue weighted by atomic mass is 16.2. The van der Waals surface area contributed by atoms with E-state index in [0.717, 1.165) is 4.90 Å². The van der Waals surface area contributed by atoms with Gasteiger partial charge in [-0.15, -0.1) is 0 Å². The summed E-state index contributed by atoms with van der Waals surface area (Å²) in [5.74, 6) is -1.06. The largest absolute Gasteiger partial charge is 0.299 e. The Bertz CT molecular complexity index is 807. The fourth-order valence-electron chi connectivity index (χ4n) is 2.87. The first-order valence-electron chi connectivity index (χ1n) is 8.13. The molecule has 0 atom stereocenters. The van der Waals surface area contributed by atoms with Gasteiger partial charge in [0.05, 0.1) is 17.5 Å². The zero-order valence-electron chi connectivity index (χ0n) is 13.6. The third-order valence-corrected chi connectivity index (χ3v) is 4.17. The van der Waals surface area contributed by atoms with Gasteiger partial charge >= 0.3 is 0 Å². The van der Waals surface area contributed by atoms with E-state index in [1.807, 2.05) is 0 Å². The summed E-state index contributed by atoms with van der Waals surface area (Å²) in [5, 5.41) is 0. The molecular formula is C20H17NO4. The van der Waals surface area contributed by atoms with E-state index in [0.29, 0.717) is 23.1 Å². The molecule has 0 spiro atoms. The van der Waals surface area contributed by atoms with Gasteiger partial charge in [0.1, 0.15) is 5.78 Å². The first-order valence-corrected chi connectivity index (χ1v) is 8.13. The van der Waals surface area contributed by atoms with Crippen LogP contribution in [-0.2, 0) is 4.79 Å². The number of nitrogens with zero attached hydrogens (tertiary/aromatic N) is 1. The van der Waals surface area contributed by atoms with Crippen LogP contribution < -0.4 is 0 Å². The van der Waals surface area contributed by atoms with Gasteiger partial charge in [-0.3, -0.25) is 24.1 Å². The Kier molecular flexibility index (Phi) is 4.84. The third-order valence-electron chi connectivity index (χ3n) is 4.17. The molecule has 0 aliphatic carbocycles. The van der Waals surface area contributed by atoms with E-state index in [2.05, 4.69) is 0 Å². The number of benzene rings is 2. The van der Waals surface area contributed by atoms with Gasteiger partial charge in [0.2, 0.25) is 0 Å². The standard InChI is InChI=1S/C20H17NO4/c22-15(13-18(23)14-7-2-1-3-8-14)9-6-12-21-19(24)16-10-4-5-11-17(16)20(21)25/h1-5,7-8,10-11H,6,9,12-13H2. The fourth-order valence-corrected chi connectivity index (χ4v) is 2.87. The SMILES string of the molecule is O=C(CCCN1C(=O)c2ccccc2C1=O)CC(=O)c1ccccc1. The summed E-state index contributed by atoms with van der Waals surface area (Å²) >= 11 is 0. The third kappa shape index (κ3) is 3.55. The van der Waals surface area contributed by atoms with Crippen molar-refractivity contribution in [1.82, 2.24) is 4.90 Å². The molecule has 0 saturated heterocycles. The van der Waals surface area contributed by atoms with E-state index < -0.39 is 0 Å². The molecule has 1 heterocycles. The zero-order valence-corrected chi connectivity index (χ0v) is 13.6. The molecule has 1 aliphatic rings. The van der Waals surface area contributed by atoms with Crippen molar-refractivity contribution in [2.24, 2.45) is 0 Å². The number of hydrogen-bond acceptors (Lipinski definition) is 4. The summed E-state index contributed by atoms with van der Waals surface area (Å²) in [5.41, 5.74) is 1.31. The molecule has 5 nitrogen and oxygen atoms in total. The van der Waals surface area contributed by atoms with E-state index in [9.17, 15) is 19.2 Å². The van der Waals surface area contributed by atoms with Gasteiger partial charge in [0.25, 0.3) is 11.8 Å². The summed E-state index contributed by atoms with van der Waals surface area (Å²) in [6.45, 7) is 0.178. The lowest BCUT2D eigenvalue weighted by molar-refractivity contribution is -0.118. The number of amides is 2. The van der Waals surface area contributed by atoms with Crippen LogP contribution in [0.3, 0.4) is 0 Å². The predicted molar refractivity (Wildman–Crippen MR) is 91.4 cm³/mol. The van der Waals surface area contributed by atoms with Crippen LogP contribution in [0.15, 0.2) is 54.6 Å². The van der Waals surface area contributed by atoms with Gasteiger partial charge < -0.3 is 0 Å². The Hall–Kier alpha value is -3.08. The zero-order chi connectivity index (χ0) is 17.8. The summed E-state index contributed by atoms with van der Waals surface area (Å²) < 4.78 is 0. The van der Waals surface area contributed by atoms with Gasteiger partial charge in [0, 0.05) is 18.5 Å². The second-order valence-electron chi connectivity index (χ2n) is 5.92. The highest BCUT2D eigenvalue weighted by Crippen LogP contribution is 2.22. The predicted octanol–water partition coefficient (Wildman–Crippen LogP) is 2.90. The minimum atomic E-state index is -0.326. The lowest BCUT2D eigenvalue weighted by atomic mass is 10.0. The second kappa shape index (κ2) is 7.21. The van der Waals surface area contributed by atoms with Crippen molar-refractivity contribution in [3.63, 3.8) is 0 Å². The summed E-state index contributed by atoms with van der Waals surface area (Å²) in [6.07, 6.45) is 0.352. The Balaban J connectivity index is 1.50. The van der Waals surface area contributed by atoms with Crippen LogP contribution >= 0.6 is 0 Å². The van der Waals surface area contributed by atoms with Crippen LogP contribution in [-0.4, -0.2) is 34.8 Å². The summed E-state index contributed by atoms with van der Waals surface area (Å²) in [4.78, 5) is 49.5. The molecule has 3 rings (SSSR count). The molecule has 0 radical (unpaired) electrons. The van der Waals surface area contributed by atoms with Gasteiger partial charge in [-0.2, -0.15) is 0 Å². The lowest BCUT2D eigenvalue weighted by Crippen LogP contribution is -2.31. The van der Waals surface area contributed by atoms with Gasteiger partial charge in [0.15, 0.2) is 5.78 Å². The van der Waals surface area contributed by atoms with E-state index >= 15 is 0 Å². The van der Waals surface area contributed by atoms with Crippen LogP contribution in [0, 0.1) is 0 Å². The van der Waals surface area contributed by atoms with Gasteiger partial charge in [-0.25, -0.2) is 0 Å². The van der Waals surface area contributed by atoms with Crippen molar-refractivity contribution in [1.29, 1.82) is 0 Å². The summed E-state index contributed by atoms with van der Waals surface area (Å²) in [7, 11) is 0. The Morgan fingerprint density at radius 3 is 1.96 bits per heavy atom. The fraction of sp³-hybridized carbons (Fsp3) is 0.200. The maximum absolute atomic E-state index is 12.2. The highest BCUT2D eigenvalue weighted by molar-refractivity contribution is 6.21. The highest BCUT2D eigenvalue weighted by Gasteiger charge is 2.34. The molecule has 0 unspecified atom stereocenters. The molecule has 0 N–H and O–H groups in total. The van der Waals surface area contributed by atoms with Crippen molar-refractivity contribution in [2.45, 2.75) is 19.3 Å². The van der Waals surface area contributed by atoms with Crippen molar-refractivity contribution >= 4 is 23.4 Å². The van der Waals surface area contributed by atoms with E-state index in [-0.39, 0.29) is 42.8 Å². The lowest BCUT2D eigenvalue weighted by Gasteiger charge is -2.13. The van der Waals surface area contributed by atoms with Crippen LogP contribution in [0.5, 0.6) is 0 Å². The average molecular weight is 335 g/mol. The number of fused-ring (bicyclic) bond motifs is 1. The molecule has 0 bridgehead atoms. The smallest absolute Gasteiger partial charge is 0.261 e. The van der Waals surface area contributed by atoms with Crippen molar-refractivity contribution in [3.05, 3.63) is 71.3 Å². The van der Waals surface area contributed by atoms with E-state index in [1.165, 1.54) is 0 Å². The Morgan fingerprint density at radius 1 is 0.800 bits per heavy atom. The molecule has 1 aliphatic heterocycles. The molecule has 2 aromatic rings. The summed E-state index contributed by atoms with van der Waals surface area (Å²) in [6, 6.07) is 15.3. The monoisotopic (exact) mass is 335 g/mol.